The first-order valence-electron chi connectivity index (χ1n) is 9.95. The van der Waals surface area contributed by atoms with Crippen molar-refractivity contribution < 1.29 is 14.5 Å². The van der Waals surface area contributed by atoms with Crippen molar-refractivity contribution in [1.82, 2.24) is 0 Å². The van der Waals surface area contributed by atoms with Crippen LogP contribution in [0.15, 0.2) is 60.7 Å². The molecule has 29 heavy (non-hydrogen) atoms. The molecule has 7 rings (SSSR count). The topological polar surface area (TPSA) is 80.5 Å². The van der Waals surface area contributed by atoms with E-state index >= 15 is 0 Å². The Bertz CT molecular complexity index is 1050. The summed E-state index contributed by atoms with van der Waals surface area (Å²) in [6.07, 6.45) is 5.50. The van der Waals surface area contributed by atoms with E-state index in [1.807, 2.05) is 12.1 Å². The SMILES string of the molecule is O=C1[C@@H]2[C@H]3C=C[C@@H]([C@@H]4C[C@@H]34)[C@H]2C(=O)N1c1ccc(-c2ccc([N+](=O)[O-])cc2)cc1. The molecule has 1 heterocycles. The summed E-state index contributed by atoms with van der Waals surface area (Å²) in [5, 5.41) is 10.8. The average molecular weight is 386 g/mol. The maximum Gasteiger partial charge on any atom is 0.269 e. The second-order valence-corrected chi connectivity index (χ2v) is 8.52. The van der Waals surface area contributed by atoms with Gasteiger partial charge in [0, 0.05) is 12.1 Å². The minimum absolute atomic E-state index is 0.0440. The second kappa shape index (κ2) is 5.63. The Morgan fingerprint density at radius 1 is 0.793 bits per heavy atom. The molecular weight excluding hydrogens is 368 g/mol. The summed E-state index contributed by atoms with van der Waals surface area (Å²) in [6.45, 7) is 0. The Labute approximate surface area is 167 Å². The fourth-order valence-electron chi connectivity index (χ4n) is 5.79. The van der Waals surface area contributed by atoms with Crippen LogP contribution < -0.4 is 4.90 Å². The lowest BCUT2D eigenvalue weighted by atomic mass is 9.63. The Balaban J connectivity index is 1.29. The molecule has 0 spiro atoms. The van der Waals surface area contributed by atoms with E-state index in [0.717, 1.165) is 17.5 Å². The smallest absolute Gasteiger partial charge is 0.269 e. The van der Waals surface area contributed by atoms with Crippen LogP contribution in [0.5, 0.6) is 0 Å². The standard InChI is InChI=1S/C23H18N2O4/c26-22-20-16-9-10-17(19-11-18(16)19)21(20)23(27)24(22)14-5-1-12(2-6-14)13-3-7-15(8-4-13)25(28)29/h1-10,16-21H,11H2/t16-,17-,18-,19-,20+,21+/m0/s1. The van der Waals surface area contributed by atoms with Crippen molar-refractivity contribution in [3.05, 3.63) is 70.8 Å². The van der Waals surface area contributed by atoms with Crippen LogP contribution in [0.4, 0.5) is 11.4 Å². The molecule has 2 amide bonds. The van der Waals surface area contributed by atoms with Crippen LogP contribution in [0.3, 0.4) is 0 Å². The molecule has 5 aliphatic rings. The molecule has 2 aromatic rings. The molecule has 1 aliphatic heterocycles. The molecule has 1 saturated heterocycles. The van der Waals surface area contributed by atoms with Gasteiger partial charge in [-0.3, -0.25) is 24.6 Å². The highest BCUT2D eigenvalue weighted by Crippen LogP contribution is 2.65. The number of allylic oxidation sites excluding steroid dienone is 2. The third-order valence-corrected chi connectivity index (χ3v) is 7.20. The molecule has 0 aromatic heterocycles. The van der Waals surface area contributed by atoms with Crippen LogP contribution in [0.2, 0.25) is 0 Å². The number of carbonyl (C=O) groups is 2. The number of hydrogen-bond acceptors (Lipinski definition) is 4. The van der Waals surface area contributed by atoms with E-state index in [0.29, 0.717) is 17.5 Å². The zero-order valence-corrected chi connectivity index (χ0v) is 15.5. The Morgan fingerprint density at radius 2 is 1.28 bits per heavy atom. The van der Waals surface area contributed by atoms with Gasteiger partial charge in [0.15, 0.2) is 0 Å². The number of anilines is 1. The summed E-state index contributed by atoms with van der Waals surface area (Å²) in [7, 11) is 0. The van der Waals surface area contributed by atoms with Crippen molar-refractivity contribution in [2.45, 2.75) is 6.42 Å². The third kappa shape index (κ3) is 2.23. The Morgan fingerprint density at radius 3 is 1.76 bits per heavy atom. The highest BCUT2D eigenvalue weighted by atomic mass is 16.6. The molecule has 2 bridgehead atoms. The molecular formula is C23H18N2O4. The van der Waals surface area contributed by atoms with Crippen molar-refractivity contribution in [2.75, 3.05) is 4.90 Å². The number of nitro groups is 1. The summed E-state index contributed by atoms with van der Waals surface area (Å²) in [6, 6.07) is 13.6. The summed E-state index contributed by atoms with van der Waals surface area (Å²) < 4.78 is 0. The molecule has 0 radical (unpaired) electrons. The molecule has 2 aromatic carbocycles. The summed E-state index contributed by atoms with van der Waals surface area (Å²) in [5.41, 5.74) is 2.37. The summed E-state index contributed by atoms with van der Waals surface area (Å²) >= 11 is 0. The van der Waals surface area contributed by atoms with Crippen LogP contribution in [0, 0.1) is 45.6 Å². The van der Waals surface area contributed by atoms with Gasteiger partial charge in [0.25, 0.3) is 5.69 Å². The van der Waals surface area contributed by atoms with Gasteiger partial charge in [-0.2, -0.15) is 0 Å². The second-order valence-electron chi connectivity index (χ2n) is 8.52. The predicted molar refractivity (Wildman–Crippen MR) is 106 cm³/mol. The number of nitro benzene ring substituents is 1. The lowest BCUT2D eigenvalue weighted by molar-refractivity contribution is -0.384. The molecule has 4 aliphatic carbocycles. The van der Waals surface area contributed by atoms with Gasteiger partial charge < -0.3 is 0 Å². The van der Waals surface area contributed by atoms with Crippen LogP contribution in [0.1, 0.15) is 6.42 Å². The molecule has 2 saturated carbocycles. The molecule has 0 unspecified atom stereocenters. The third-order valence-electron chi connectivity index (χ3n) is 7.20. The van der Waals surface area contributed by atoms with E-state index in [9.17, 15) is 19.7 Å². The van der Waals surface area contributed by atoms with Crippen LogP contribution in [-0.4, -0.2) is 16.7 Å². The number of nitrogens with zero attached hydrogens (tertiary/aromatic N) is 2. The van der Waals surface area contributed by atoms with Crippen molar-refractivity contribution in [1.29, 1.82) is 0 Å². The van der Waals surface area contributed by atoms with Gasteiger partial charge in [0.1, 0.15) is 0 Å². The Kier molecular flexibility index (Phi) is 3.23. The number of hydrogen-bond donors (Lipinski definition) is 0. The van der Waals surface area contributed by atoms with Crippen LogP contribution in [-0.2, 0) is 9.59 Å². The van der Waals surface area contributed by atoms with Gasteiger partial charge in [-0.05, 0) is 65.5 Å². The number of amides is 2. The van der Waals surface area contributed by atoms with Gasteiger partial charge in [0.05, 0.1) is 22.4 Å². The number of rotatable bonds is 3. The first-order valence-corrected chi connectivity index (χ1v) is 9.95. The number of carbonyl (C=O) groups excluding carboxylic acids is 2. The minimum atomic E-state index is -0.428. The molecule has 6 atom stereocenters. The van der Waals surface area contributed by atoms with Crippen LogP contribution in [0.25, 0.3) is 11.1 Å². The van der Waals surface area contributed by atoms with Gasteiger partial charge in [0.2, 0.25) is 11.8 Å². The Hall–Kier alpha value is -3.28. The predicted octanol–water partition coefficient (Wildman–Crippen LogP) is 3.82. The zero-order valence-electron chi connectivity index (χ0n) is 15.5. The highest BCUT2D eigenvalue weighted by Gasteiger charge is 2.67. The minimum Gasteiger partial charge on any atom is -0.274 e. The van der Waals surface area contributed by atoms with E-state index in [4.69, 9.17) is 0 Å². The zero-order chi connectivity index (χ0) is 19.9. The average Bonchev–Trinajstić information content (AvgIpc) is 3.52. The van der Waals surface area contributed by atoms with E-state index < -0.39 is 4.92 Å². The highest BCUT2D eigenvalue weighted by molar-refractivity contribution is 6.22. The van der Waals surface area contributed by atoms with Crippen molar-refractivity contribution in [3.8, 4) is 11.1 Å². The number of imide groups is 1. The van der Waals surface area contributed by atoms with Crippen molar-refractivity contribution in [3.63, 3.8) is 0 Å². The number of non-ortho nitro benzene ring substituents is 1. The van der Waals surface area contributed by atoms with Crippen LogP contribution >= 0.6 is 0 Å². The fraction of sp³-hybridized carbons (Fsp3) is 0.304. The normalized spacial score (nSPS) is 33.6. The monoisotopic (exact) mass is 386 g/mol. The lowest BCUT2D eigenvalue weighted by Gasteiger charge is -2.37. The van der Waals surface area contributed by atoms with Gasteiger partial charge >= 0.3 is 0 Å². The lowest BCUT2D eigenvalue weighted by Crippen LogP contribution is -2.40. The summed E-state index contributed by atoms with van der Waals surface area (Å²) in [5.74, 6) is 1.10. The van der Waals surface area contributed by atoms with E-state index in [1.54, 1.807) is 24.3 Å². The molecule has 144 valence electrons. The van der Waals surface area contributed by atoms with Crippen molar-refractivity contribution in [2.24, 2.45) is 35.5 Å². The number of benzene rings is 2. The summed E-state index contributed by atoms with van der Waals surface area (Å²) in [4.78, 5) is 38.1. The largest absolute Gasteiger partial charge is 0.274 e. The van der Waals surface area contributed by atoms with Gasteiger partial charge in [-0.1, -0.05) is 24.3 Å². The maximum absolute atomic E-state index is 13.2. The van der Waals surface area contributed by atoms with E-state index in [-0.39, 0.29) is 41.2 Å². The quantitative estimate of drug-likeness (QED) is 0.348. The van der Waals surface area contributed by atoms with Gasteiger partial charge in [-0.15, -0.1) is 0 Å². The van der Waals surface area contributed by atoms with Crippen molar-refractivity contribution >= 4 is 23.2 Å². The van der Waals surface area contributed by atoms with E-state index in [2.05, 4.69) is 12.2 Å². The van der Waals surface area contributed by atoms with E-state index in [1.165, 1.54) is 17.0 Å². The molecule has 6 heteroatoms. The first-order chi connectivity index (χ1) is 14.0. The molecule has 3 fully saturated rings. The maximum atomic E-state index is 13.2. The first kappa shape index (κ1) is 16.7. The molecule has 0 N–H and O–H groups in total. The fourth-order valence-corrected chi connectivity index (χ4v) is 5.79. The van der Waals surface area contributed by atoms with Gasteiger partial charge in [-0.25, -0.2) is 0 Å². The molecule has 6 nitrogen and oxygen atoms in total.